The van der Waals surface area contributed by atoms with E-state index in [9.17, 15) is 9.90 Å². The van der Waals surface area contributed by atoms with Crippen LogP contribution in [0.3, 0.4) is 0 Å². The number of aliphatic carboxylic acids is 1. The Morgan fingerprint density at radius 3 is 2.47 bits per heavy atom. The van der Waals surface area contributed by atoms with E-state index in [1.807, 2.05) is 24.3 Å². The number of benzene rings is 1. The molecule has 0 saturated heterocycles. The Balaban J connectivity index is 2.82. The summed E-state index contributed by atoms with van der Waals surface area (Å²) < 4.78 is 0. The van der Waals surface area contributed by atoms with Crippen molar-refractivity contribution in [3.63, 3.8) is 0 Å². The summed E-state index contributed by atoms with van der Waals surface area (Å²) in [4.78, 5) is 11.0. The van der Waals surface area contributed by atoms with Crippen LogP contribution in [0.25, 0.3) is 0 Å². The number of carboxylic acid groups (broad SMARTS) is 1. The van der Waals surface area contributed by atoms with Gasteiger partial charge in [-0.1, -0.05) is 24.3 Å². The lowest BCUT2D eigenvalue weighted by Gasteiger charge is -2.19. The van der Waals surface area contributed by atoms with Gasteiger partial charge in [0.15, 0.2) is 0 Å². The number of carbonyl (C=O) groups is 1. The Hall–Kier alpha value is -1.35. The summed E-state index contributed by atoms with van der Waals surface area (Å²) >= 11 is 0. The lowest BCUT2D eigenvalue weighted by molar-refractivity contribution is -0.146. The van der Waals surface area contributed by atoms with Gasteiger partial charge >= 0.3 is 5.97 Å². The molecule has 0 spiro atoms. The van der Waals surface area contributed by atoms with Gasteiger partial charge in [-0.3, -0.25) is 4.79 Å². The van der Waals surface area contributed by atoms with Crippen molar-refractivity contribution < 1.29 is 15.0 Å². The molecule has 94 valence electrons. The van der Waals surface area contributed by atoms with E-state index in [1.54, 1.807) is 20.8 Å². The van der Waals surface area contributed by atoms with Crippen LogP contribution >= 0.6 is 0 Å². The third-order valence-electron chi connectivity index (χ3n) is 2.75. The van der Waals surface area contributed by atoms with Crippen LogP contribution in [0.5, 0.6) is 0 Å². The highest BCUT2D eigenvalue weighted by Crippen LogP contribution is 2.22. The molecule has 0 aromatic heterocycles. The van der Waals surface area contributed by atoms with Crippen LogP contribution in [0.1, 0.15) is 31.9 Å². The van der Waals surface area contributed by atoms with Crippen molar-refractivity contribution in [2.24, 2.45) is 5.41 Å². The third kappa shape index (κ3) is 4.19. The summed E-state index contributed by atoms with van der Waals surface area (Å²) in [6.45, 7) is 5.18. The maximum atomic E-state index is 11.0. The molecule has 0 heterocycles. The molecular formula is C14H20O3. The maximum absolute atomic E-state index is 11.0. The Labute approximate surface area is 102 Å². The predicted octanol–water partition coefficient (Wildman–Crippen LogP) is 2.26. The molecule has 2 N–H and O–H groups in total. The van der Waals surface area contributed by atoms with E-state index < -0.39 is 11.4 Å². The molecule has 0 saturated carbocycles. The van der Waals surface area contributed by atoms with Crippen molar-refractivity contribution in [3.8, 4) is 0 Å². The molecule has 1 rings (SSSR count). The lowest BCUT2D eigenvalue weighted by Crippen LogP contribution is -2.26. The van der Waals surface area contributed by atoms with Crippen LogP contribution in [0.4, 0.5) is 0 Å². The zero-order valence-electron chi connectivity index (χ0n) is 10.6. The van der Waals surface area contributed by atoms with Crippen molar-refractivity contribution in [3.05, 3.63) is 35.4 Å². The largest absolute Gasteiger partial charge is 0.481 e. The third-order valence-corrected chi connectivity index (χ3v) is 2.75. The highest BCUT2D eigenvalue weighted by Gasteiger charge is 2.27. The Kier molecular flexibility index (Phi) is 4.29. The van der Waals surface area contributed by atoms with Gasteiger partial charge in [0, 0.05) is 0 Å². The second-order valence-electron chi connectivity index (χ2n) is 5.24. The molecule has 1 aromatic rings. The van der Waals surface area contributed by atoms with Crippen molar-refractivity contribution >= 4 is 5.97 Å². The molecule has 1 aromatic carbocycles. The Morgan fingerprint density at radius 2 is 1.94 bits per heavy atom. The van der Waals surface area contributed by atoms with Crippen LogP contribution in [0, 0.1) is 5.41 Å². The molecule has 0 aliphatic rings. The maximum Gasteiger partial charge on any atom is 0.309 e. The highest BCUT2D eigenvalue weighted by atomic mass is 16.4. The summed E-state index contributed by atoms with van der Waals surface area (Å²) in [5.74, 6) is -0.793. The number of rotatable bonds is 5. The summed E-state index contributed by atoms with van der Waals surface area (Å²) in [6.07, 6.45) is 0.717. The van der Waals surface area contributed by atoms with Crippen molar-refractivity contribution in [1.29, 1.82) is 0 Å². The lowest BCUT2D eigenvalue weighted by atomic mass is 9.85. The minimum Gasteiger partial charge on any atom is -0.481 e. The average molecular weight is 236 g/mol. The fourth-order valence-electron chi connectivity index (χ4n) is 1.79. The van der Waals surface area contributed by atoms with Gasteiger partial charge in [0.25, 0.3) is 0 Å². The minimum absolute atomic E-state index is 0.377. The second kappa shape index (κ2) is 5.32. The van der Waals surface area contributed by atoms with Crippen LogP contribution < -0.4 is 0 Å². The summed E-state index contributed by atoms with van der Waals surface area (Å²) in [7, 11) is 0. The van der Waals surface area contributed by atoms with Crippen LogP contribution in [-0.2, 0) is 17.6 Å². The zero-order chi connectivity index (χ0) is 13.1. The topological polar surface area (TPSA) is 57.5 Å². The smallest absolute Gasteiger partial charge is 0.309 e. The Bertz CT molecular complexity index is 394. The first-order valence-corrected chi connectivity index (χ1v) is 5.80. The molecule has 3 nitrogen and oxygen atoms in total. The van der Waals surface area contributed by atoms with Crippen LogP contribution in [-0.4, -0.2) is 22.3 Å². The summed E-state index contributed by atoms with van der Waals surface area (Å²) in [5.41, 5.74) is 1.28. The SMILES string of the molecule is CC(O)Cc1cccc(CC(C)(C)C(=O)O)c1. The van der Waals surface area contributed by atoms with E-state index >= 15 is 0 Å². The van der Waals surface area contributed by atoms with E-state index in [0.29, 0.717) is 12.8 Å². The molecule has 0 aliphatic heterocycles. The van der Waals surface area contributed by atoms with Crippen molar-refractivity contribution in [2.45, 2.75) is 39.7 Å². The predicted molar refractivity (Wildman–Crippen MR) is 66.9 cm³/mol. The molecule has 1 unspecified atom stereocenters. The standard InChI is InChI=1S/C14H20O3/c1-10(15)7-11-5-4-6-12(8-11)9-14(2,3)13(16)17/h4-6,8,10,15H,7,9H2,1-3H3,(H,16,17). The molecule has 17 heavy (non-hydrogen) atoms. The zero-order valence-corrected chi connectivity index (χ0v) is 10.6. The molecule has 0 radical (unpaired) electrons. The fraction of sp³-hybridized carbons (Fsp3) is 0.500. The van der Waals surface area contributed by atoms with E-state index in [1.165, 1.54) is 0 Å². The van der Waals surface area contributed by atoms with E-state index in [4.69, 9.17) is 5.11 Å². The first-order valence-electron chi connectivity index (χ1n) is 5.80. The summed E-state index contributed by atoms with van der Waals surface area (Å²) in [5, 5.41) is 18.4. The number of hydrogen-bond donors (Lipinski definition) is 2. The first kappa shape index (κ1) is 13.7. The van der Waals surface area contributed by atoms with Crippen molar-refractivity contribution in [1.82, 2.24) is 0 Å². The molecular weight excluding hydrogens is 216 g/mol. The van der Waals surface area contributed by atoms with E-state index in [0.717, 1.165) is 11.1 Å². The molecule has 0 aliphatic carbocycles. The van der Waals surface area contributed by atoms with Gasteiger partial charge in [0.05, 0.1) is 11.5 Å². The van der Waals surface area contributed by atoms with Crippen molar-refractivity contribution in [2.75, 3.05) is 0 Å². The van der Waals surface area contributed by atoms with Gasteiger partial charge in [0.2, 0.25) is 0 Å². The molecule has 0 bridgehead atoms. The molecule has 0 amide bonds. The average Bonchev–Trinajstić information content (AvgIpc) is 2.15. The quantitative estimate of drug-likeness (QED) is 0.824. The monoisotopic (exact) mass is 236 g/mol. The minimum atomic E-state index is -0.793. The van der Waals surface area contributed by atoms with Gasteiger partial charge in [-0.2, -0.15) is 0 Å². The van der Waals surface area contributed by atoms with Crippen LogP contribution in [0.15, 0.2) is 24.3 Å². The second-order valence-corrected chi connectivity index (χ2v) is 5.24. The first-order chi connectivity index (χ1) is 7.81. The number of hydrogen-bond acceptors (Lipinski definition) is 2. The normalized spacial score (nSPS) is 13.4. The highest BCUT2D eigenvalue weighted by molar-refractivity contribution is 5.74. The Morgan fingerprint density at radius 1 is 1.35 bits per heavy atom. The van der Waals surface area contributed by atoms with Gasteiger partial charge < -0.3 is 10.2 Å². The van der Waals surface area contributed by atoms with Crippen LogP contribution in [0.2, 0.25) is 0 Å². The molecule has 1 atom stereocenters. The van der Waals surface area contributed by atoms with Gasteiger partial charge in [-0.25, -0.2) is 0 Å². The van der Waals surface area contributed by atoms with E-state index in [2.05, 4.69) is 0 Å². The van der Waals surface area contributed by atoms with Gasteiger partial charge in [-0.15, -0.1) is 0 Å². The number of aliphatic hydroxyl groups is 1. The number of aliphatic hydroxyl groups excluding tert-OH is 1. The fourth-order valence-corrected chi connectivity index (χ4v) is 1.79. The van der Waals surface area contributed by atoms with E-state index in [-0.39, 0.29) is 6.10 Å². The summed E-state index contributed by atoms with van der Waals surface area (Å²) in [6, 6.07) is 7.75. The number of carboxylic acids is 1. The van der Waals surface area contributed by atoms with Gasteiger partial charge in [-0.05, 0) is 44.7 Å². The molecule has 0 fully saturated rings. The van der Waals surface area contributed by atoms with Gasteiger partial charge in [0.1, 0.15) is 0 Å². The molecule has 3 heteroatoms.